The molecule has 0 amide bonds. The van der Waals surface area contributed by atoms with Crippen molar-refractivity contribution in [1.29, 1.82) is 0 Å². The maximum Gasteiger partial charge on any atom is 0.341 e. The lowest BCUT2D eigenvalue weighted by molar-refractivity contribution is -0.132. The van der Waals surface area contributed by atoms with E-state index in [1.807, 2.05) is 0 Å². The molecular weight excluding hydrogens is 310 g/mol. The first-order valence-corrected chi connectivity index (χ1v) is 5.96. The number of benzene rings is 1. The van der Waals surface area contributed by atoms with Gasteiger partial charge in [0.05, 0.1) is 5.56 Å². The van der Waals surface area contributed by atoms with Gasteiger partial charge in [-0.2, -0.15) is 0 Å². The summed E-state index contributed by atoms with van der Waals surface area (Å²) in [6.45, 7) is -0.0879. The van der Waals surface area contributed by atoms with Gasteiger partial charge in [0, 0.05) is 19.4 Å². The van der Waals surface area contributed by atoms with Crippen molar-refractivity contribution in [2.75, 3.05) is 13.2 Å². The van der Waals surface area contributed by atoms with Crippen molar-refractivity contribution in [3.05, 3.63) is 46.7 Å². The van der Waals surface area contributed by atoms with Crippen LogP contribution in [0.5, 0.6) is 0 Å². The van der Waals surface area contributed by atoms with Gasteiger partial charge < -0.3 is 15.5 Å². The molecule has 0 saturated heterocycles. The number of carboxylic acids is 1. The second-order valence-electron chi connectivity index (χ2n) is 4.07. The average Bonchev–Trinajstić information content (AvgIpc) is 2.47. The van der Waals surface area contributed by atoms with Crippen LogP contribution in [0, 0.1) is 23.3 Å². The molecule has 0 spiro atoms. The van der Waals surface area contributed by atoms with Crippen molar-refractivity contribution >= 4 is 11.8 Å². The highest BCUT2D eigenvalue weighted by Gasteiger charge is 2.27. The van der Waals surface area contributed by atoms with Crippen LogP contribution in [0.4, 0.5) is 17.6 Å². The molecule has 0 aliphatic carbocycles. The molecule has 0 radical (unpaired) electrons. The number of hydrogen-bond donors (Lipinski definition) is 3. The molecule has 0 fully saturated rings. The zero-order valence-corrected chi connectivity index (χ0v) is 11.0. The van der Waals surface area contributed by atoms with Crippen molar-refractivity contribution in [2.24, 2.45) is 0 Å². The number of carboxylic acid groups (broad SMARTS) is 1. The molecule has 120 valence electrons. The first-order chi connectivity index (χ1) is 10.3. The van der Waals surface area contributed by atoms with Crippen molar-refractivity contribution in [2.45, 2.75) is 6.42 Å². The number of nitrogens with one attached hydrogen (secondary N) is 1. The number of carbonyl (C=O) groups is 2. The van der Waals surface area contributed by atoms with Gasteiger partial charge in [-0.15, -0.1) is 0 Å². The van der Waals surface area contributed by atoms with E-state index in [0.717, 1.165) is 0 Å². The topological polar surface area (TPSA) is 86.6 Å². The van der Waals surface area contributed by atoms with Gasteiger partial charge in [-0.25, -0.2) is 22.4 Å². The van der Waals surface area contributed by atoms with E-state index in [4.69, 9.17) is 10.2 Å². The van der Waals surface area contributed by atoms with Crippen molar-refractivity contribution in [3.63, 3.8) is 0 Å². The number of ketones is 1. The molecule has 0 bridgehead atoms. The molecule has 1 rings (SSSR count). The monoisotopic (exact) mass is 321 g/mol. The van der Waals surface area contributed by atoms with Gasteiger partial charge in [-0.3, -0.25) is 4.79 Å². The number of halogens is 4. The number of aliphatic hydroxyl groups is 1. The maximum atomic E-state index is 13.5. The molecule has 0 aliphatic rings. The molecule has 0 unspecified atom stereocenters. The van der Waals surface area contributed by atoms with Crippen LogP contribution < -0.4 is 5.32 Å². The summed E-state index contributed by atoms with van der Waals surface area (Å²) >= 11 is 0. The molecule has 1 aromatic rings. The quantitative estimate of drug-likeness (QED) is 0.103. The van der Waals surface area contributed by atoms with Gasteiger partial charge in [-0.1, -0.05) is 0 Å². The predicted octanol–water partition coefficient (Wildman–Crippen LogP) is 1.37. The van der Waals surface area contributed by atoms with Crippen LogP contribution in [-0.2, 0) is 4.79 Å². The molecule has 0 atom stereocenters. The van der Waals surface area contributed by atoms with Gasteiger partial charge in [-0.05, 0) is 12.5 Å². The Hall–Kier alpha value is -2.42. The smallest absolute Gasteiger partial charge is 0.341 e. The largest absolute Gasteiger partial charge is 0.477 e. The Morgan fingerprint density at radius 3 is 2.32 bits per heavy atom. The number of aliphatic hydroxyl groups excluding tert-OH is 1. The predicted molar refractivity (Wildman–Crippen MR) is 66.0 cm³/mol. The molecular formula is C13H11F4NO4. The van der Waals surface area contributed by atoms with Crippen LogP contribution in [0.25, 0.3) is 0 Å². The summed E-state index contributed by atoms with van der Waals surface area (Å²) in [6, 6.07) is 0.0839. The van der Waals surface area contributed by atoms with Crippen LogP contribution in [0.2, 0.25) is 0 Å². The fourth-order valence-electron chi connectivity index (χ4n) is 1.46. The van der Waals surface area contributed by atoms with E-state index in [1.54, 1.807) is 0 Å². The molecule has 0 saturated carbocycles. The molecule has 5 nitrogen and oxygen atoms in total. The highest BCUT2D eigenvalue weighted by atomic mass is 19.2. The minimum Gasteiger partial charge on any atom is -0.477 e. The Morgan fingerprint density at radius 2 is 1.77 bits per heavy atom. The third-order valence-corrected chi connectivity index (χ3v) is 2.55. The Morgan fingerprint density at radius 1 is 1.14 bits per heavy atom. The molecule has 0 heterocycles. The second-order valence-corrected chi connectivity index (χ2v) is 4.07. The molecule has 0 aromatic heterocycles. The summed E-state index contributed by atoms with van der Waals surface area (Å²) in [5.41, 5.74) is -2.24. The molecule has 3 N–H and O–H groups in total. The normalized spacial score (nSPS) is 11.4. The van der Waals surface area contributed by atoms with Crippen LogP contribution in [0.15, 0.2) is 17.8 Å². The number of aliphatic carboxylic acids is 1. The lowest BCUT2D eigenvalue weighted by Gasteiger charge is -2.07. The number of rotatable bonds is 7. The Balaban J connectivity index is 3.18. The zero-order chi connectivity index (χ0) is 16.9. The summed E-state index contributed by atoms with van der Waals surface area (Å²) in [7, 11) is 0. The molecule has 1 aromatic carbocycles. The van der Waals surface area contributed by atoms with E-state index in [-0.39, 0.29) is 25.6 Å². The Labute approximate surface area is 121 Å². The van der Waals surface area contributed by atoms with Crippen LogP contribution in [0.1, 0.15) is 16.8 Å². The number of Topliss-reactive ketones (excluding diaryl/α,β-unsaturated/α-hetero) is 1. The lowest BCUT2D eigenvalue weighted by atomic mass is 10.0. The van der Waals surface area contributed by atoms with E-state index < -0.39 is 46.2 Å². The minimum absolute atomic E-state index is 0.0839. The van der Waals surface area contributed by atoms with Crippen LogP contribution in [-0.4, -0.2) is 35.1 Å². The second kappa shape index (κ2) is 7.55. The van der Waals surface area contributed by atoms with E-state index >= 15 is 0 Å². The van der Waals surface area contributed by atoms with E-state index in [0.29, 0.717) is 6.20 Å². The summed E-state index contributed by atoms with van der Waals surface area (Å²) in [5, 5.41) is 19.8. The van der Waals surface area contributed by atoms with Crippen molar-refractivity contribution in [1.82, 2.24) is 5.32 Å². The summed E-state index contributed by atoms with van der Waals surface area (Å²) in [5.74, 6) is -11.4. The van der Waals surface area contributed by atoms with Crippen molar-refractivity contribution < 1.29 is 37.4 Å². The number of carbonyl (C=O) groups excluding carboxylic acids is 1. The van der Waals surface area contributed by atoms with Gasteiger partial charge in [0.1, 0.15) is 5.57 Å². The fraction of sp³-hybridized carbons (Fsp3) is 0.231. The molecule has 0 aliphatic heterocycles. The SMILES string of the molecule is O=C(O)/C(=C/NCCCO)C(=O)c1cc(F)c(F)c(F)c1F. The third-order valence-electron chi connectivity index (χ3n) is 2.55. The maximum absolute atomic E-state index is 13.5. The fourth-order valence-corrected chi connectivity index (χ4v) is 1.46. The van der Waals surface area contributed by atoms with E-state index in [1.165, 1.54) is 0 Å². The minimum atomic E-state index is -2.21. The highest BCUT2D eigenvalue weighted by Crippen LogP contribution is 2.21. The van der Waals surface area contributed by atoms with Gasteiger partial charge in [0.2, 0.25) is 5.78 Å². The van der Waals surface area contributed by atoms with E-state index in [2.05, 4.69) is 5.32 Å². The number of hydrogen-bond acceptors (Lipinski definition) is 4. The third kappa shape index (κ3) is 3.82. The highest BCUT2D eigenvalue weighted by molar-refractivity contribution is 6.23. The standard InChI is InChI=1S/C13H11F4NO4/c14-8-4-6(9(15)11(17)10(8)16)12(20)7(13(21)22)5-18-2-1-3-19/h4-5,18-19H,1-3H2,(H,21,22)/b7-5+. The Kier molecular flexibility index (Phi) is 6.05. The van der Waals surface area contributed by atoms with Gasteiger partial charge in [0.15, 0.2) is 23.3 Å². The van der Waals surface area contributed by atoms with Gasteiger partial charge >= 0.3 is 5.97 Å². The van der Waals surface area contributed by atoms with Crippen LogP contribution >= 0.6 is 0 Å². The molecule has 9 heteroatoms. The summed E-state index contributed by atoms with van der Waals surface area (Å²) < 4.78 is 52.4. The summed E-state index contributed by atoms with van der Waals surface area (Å²) in [4.78, 5) is 22.8. The van der Waals surface area contributed by atoms with Crippen molar-refractivity contribution in [3.8, 4) is 0 Å². The van der Waals surface area contributed by atoms with Gasteiger partial charge in [0.25, 0.3) is 0 Å². The summed E-state index contributed by atoms with van der Waals surface area (Å²) in [6.07, 6.45) is 0.949. The zero-order valence-electron chi connectivity index (χ0n) is 11.0. The first-order valence-electron chi connectivity index (χ1n) is 5.96. The first kappa shape index (κ1) is 17.6. The molecule has 22 heavy (non-hydrogen) atoms. The average molecular weight is 321 g/mol. The Bertz CT molecular complexity index is 631. The lowest BCUT2D eigenvalue weighted by Crippen LogP contribution is -2.20. The van der Waals surface area contributed by atoms with Crippen LogP contribution in [0.3, 0.4) is 0 Å². The van der Waals surface area contributed by atoms with E-state index in [9.17, 15) is 27.2 Å².